The predicted octanol–water partition coefficient (Wildman–Crippen LogP) is 1.16. The summed E-state index contributed by atoms with van der Waals surface area (Å²) in [6.07, 6.45) is 3.48. The number of ether oxygens (including phenoxy) is 1. The van der Waals surface area contributed by atoms with Crippen molar-refractivity contribution < 1.29 is 14.3 Å². The largest absolute Gasteiger partial charge is 0.464 e. The van der Waals surface area contributed by atoms with Gasteiger partial charge >= 0.3 is 5.97 Å². The highest BCUT2D eigenvalue weighted by atomic mass is 16.5. The molecule has 0 saturated carbocycles. The number of nitrogen functional groups attached to an aromatic ring is 1. The van der Waals surface area contributed by atoms with Crippen LogP contribution in [0.3, 0.4) is 0 Å². The van der Waals surface area contributed by atoms with Crippen molar-refractivity contribution in [3.8, 4) is 0 Å². The lowest BCUT2D eigenvalue weighted by molar-refractivity contribution is -0.122. The minimum Gasteiger partial charge on any atom is -0.464 e. The number of hydrogen-bond donors (Lipinski definition) is 2. The number of nitrogens with one attached hydrogen (secondary N) is 1. The topological polar surface area (TPSA) is 86.4 Å². The Labute approximate surface area is 112 Å². The molecule has 19 heavy (non-hydrogen) atoms. The van der Waals surface area contributed by atoms with Gasteiger partial charge in [0.05, 0.1) is 12.8 Å². The normalized spacial score (nSPS) is 11.9. The van der Waals surface area contributed by atoms with Crippen molar-refractivity contribution in [2.75, 3.05) is 12.8 Å². The molecule has 0 radical (unpaired) electrons. The van der Waals surface area contributed by atoms with Crippen molar-refractivity contribution in [1.82, 2.24) is 9.88 Å². The average Bonchev–Trinajstić information content (AvgIpc) is 2.69. The Balaban J connectivity index is 2.71. The van der Waals surface area contributed by atoms with Crippen LogP contribution in [-0.2, 0) is 16.1 Å². The van der Waals surface area contributed by atoms with Crippen LogP contribution < -0.4 is 11.1 Å². The van der Waals surface area contributed by atoms with Gasteiger partial charge in [0, 0.05) is 12.2 Å². The number of rotatable bonds is 6. The van der Waals surface area contributed by atoms with Crippen LogP contribution in [0.4, 0.5) is 5.69 Å². The summed E-state index contributed by atoms with van der Waals surface area (Å²) in [6, 6.07) is 1.61. The lowest BCUT2D eigenvalue weighted by Gasteiger charge is -2.13. The Morgan fingerprint density at radius 3 is 2.79 bits per heavy atom. The highest BCUT2D eigenvalue weighted by Gasteiger charge is 2.16. The third-order valence-corrected chi connectivity index (χ3v) is 2.76. The molecule has 0 aliphatic rings. The summed E-state index contributed by atoms with van der Waals surface area (Å²) in [6.45, 7) is 4.06. The molecule has 106 valence electrons. The summed E-state index contributed by atoms with van der Waals surface area (Å²) >= 11 is 0. The van der Waals surface area contributed by atoms with E-state index in [0.717, 1.165) is 12.8 Å². The molecule has 0 aromatic carbocycles. The van der Waals surface area contributed by atoms with E-state index < -0.39 is 5.97 Å². The van der Waals surface area contributed by atoms with Gasteiger partial charge in [-0.3, -0.25) is 4.79 Å². The van der Waals surface area contributed by atoms with Gasteiger partial charge in [0.25, 0.3) is 0 Å². The Bertz CT molecular complexity index is 454. The molecule has 0 fully saturated rings. The van der Waals surface area contributed by atoms with Gasteiger partial charge in [-0.25, -0.2) is 4.79 Å². The molecular formula is C13H21N3O3. The molecule has 0 aliphatic carbocycles. The van der Waals surface area contributed by atoms with Crippen molar-refractivity contribution >= 4 is 17.6 Å². The number of amides is 1. The van der Waals surface area contributed by atoms with Gasteiger partial charge in [-0.1, -0.05) is 13.3 Å². The molecular weight excluding hydrogens is 246 g/mol. The molecule has 1 atom stereocenters. The van der Waals surface area contributed by atoms with E-state index in [-0.39, 0.29) is 24.2 Å². The van der Waals surface area contributed by atoms with Crippen LogP contribution >= 0.6 is 0 Å². The van der Waals surface area contributed by atoms with Gasteiger partial charge in [0.15, 0.2) is 0 Å². The van der Waals surface area contributed by atoms with Crippen LogP contribution in [0, 0.1) is 0 Å². The zero-order chi connectivity index (χ0) is 14.4. The molecule has 1 aromatic rings. The third kappa shape index (κ3) is 4.31. The number of anilines is 1. The maximum Gasteiger partial charge on any atom is 0.354 e. The third-order valence-electron chi connectivity index (χ3n) is 2.76. The maximum absolute atomic E-state index is 11.8. The minimum atomic E-state index is -0.508. The molecule has 1 aromatic heterocycles. The lowest BCUT2D eigenvalue weighted by atomic mass is 10.2. The van der Waals surface area contributed by atoms with Gasteiger partial charge in [-0.05, 0) is 19.4 Å². The second-order valence-electron chi connectivity index (χ2n) is 4.54. The van der Waals surface area contributed by atoms with E-state index in [1.807, 2.05) is 6.92 Å². The first kappa shape index (κ1) is 15.1. The second kappa shape index (κ2) is 6.82. The summed E-state index contributed by atoms with van der Waals surface area (Å²) < 4.78 is 6.14. The predicted molar refractivity (Wildman–Crippen MR) is 72.7 cm³/mol. The number of nitrogens with two attached hydrogens (primary N) is 1. The van der Waals surface area contributed by atoms with Crippen molar-refractivity contribution in [3.63, 3.8) is 0 Å². The molecule has 6 heteroatoms. The Morgan fingerprint density at radius 2 is 2.21 bits per heavy atom. The molecule has 0 spiro atoms. The maximum atomic E-state index is 11.8. The highest BCUT2D eigenvalue weighted by molar-refractivity contribution is 5.89. The van der Waals surface area contributed by atoms with E-state index >= 15 is 0 Å². The van der Waals surface area contributed by atoms with Crippen LogP contribution in [0.5, 0.6) is 0 Å². The van der Waals surface area contributed by atoms with Gasteiger partial charge < -0.3 is 20.4 Å². The average molecular weight is 267 g/mol. The van der Waals surface area contributed by atoms with Crippen molar-refractivity contribution in [2.24, 2.45) is 0 Å². The molecule has 1 amide bonds. The van der Waals surface area contributed by atoms with E-state index in [1.54, 1.807) is 6.20 Å². The van der Waals surface area contributed by atoms with Crippen LogP contribution in [0.15, 0.2) is 12.3 Å². The summed E-state index contributed by atoms with van der Waals surface area (Å²) in [7, 11) is 1.29. The standard InChI is InChI=1S/C13H21N3O3/c1-4-5-9(2)15-12(17)8-16-7-10(14)6-11(16)13(18)19-3/h6-7,9H,4-5,8,14H2,1-3H3,(H,15,17). The van der Waals surface area contributed by atoms with Crippen LogP contribution in [0.1, 0.15) is 37.2 Å². The van der Waals surface area contributed by atoms with Crippen molar-refractivity contribution in [3.05, 3.63) is 18.0 Å². The SMILES string of the molecule is CCCC(C)NC(=O)Cn1cc(N)cc1C(=O)OC. The number of hydrogen-bond acceptors (Lipinski definition) is 4. The Morgan fingerprint density at radius 1 is 1.53 bits per heavy atom. The Hall–Kier alpha value is -1.98. The number of carbonyl (C=O) groups is 2. The zero-order valence-corrected chi connectivity index (χ0v) is 11.6. The molecule has 1 unspecified atom stereocenters. The number of nitrogens with zero attached hydrogens (tertiary/aromatic N) is 1. The van der Waals surface area contributed by atoms with Gasteiger partial charge in [0.2, 0.25) is 5.91 Å². The number of carbonyl (C=O) groups excluding carboxylic acids is 2. The molecule has 3 N–H and O–H groups in total. The fourth-order valence-corrected chi connectivity index (χ4v) is 1.92. The van der Waals surface area contributed by atoms with Gasteiger partial charge in [-0.15, -0.1) is 0 Å². The second-order valence-corrected chi connectivity index (χ2v) is 4.54. The summed E-state index contributed by atoms with van der Waals surface area (Å²) in [5.74, 6) is -0.659. The van der Waals surface area contributed by atoms with E-state index in [0.29, 0.717) is 5.69 Å². The van der Waals surface area contributed by atoms with Gasteiger partial charge in [-0.2, -0.15) is 0 Å². The van der Waals surface area contributed by atoms with Crippen molar-refractivity contribution in [1.29, 1.82) is 0 Å². The summed E-state index contributed by atoms with van der Waals surface area (Å²) in [5, 5.41) is 2.87. The number of methoxy groups -OCH3 is 1. The molecule has 1 rings (SSSR count). The first-order valence-corrected chi connectivity index (χ1v) is 6.31. The zero-order valence-electron chi connectivity index (χ0n) is 11.6. The van der Waals surface area contributed by atoms with E-state index in [1.165, 1.54) is 17.7 Å². The molecule has 6 nitrogen and oxygen atoms in total. The van der Waals surface area contributed by atoms with Crippen LogP contribution in [-0.4, -0.2) is 29.6 Å². The van der Waals surface area contributed by atoms with Crippen LogP contribution in [0.25, 0.3) is 0 Å². The molecule has 0 aliphatic heterocycles. The quantitative estimate of drug-likeness (QED) is 0.757. The first-order valence-electron chi connectivity index (χ1n) is 6.31. The molecule has 0 saturated heterocycles. The smallest absolute Gasteiger partial charge is 0.354 e. The minimum absolute atomic E-state index is 0.0513. The summed E-state index contributed by atoms with van der Waals surface area (Å²) in [4.78, 5) is 23.4. The van der Waals surface area contributed by atoms with Crippen molar-refractivity contribution in [2.45, 2.75) is 39.3 Å². The number of esters is 1. The van der Waals surface area contributed by atoms with E-state index in [9.17, 15) is 9.59 Å². The van der Waals surface area contributed by atoms with E-state index in [2.05, 4.69) is 17.0 Å². The fraction of sp³-hybridized carbons (Fsp3) is 0.538. The molecule has 0 bridgehead atoms. The highest BCUT2D eigenvalue weighted by Crippen LogP contribution is 2.11. The Kier molecular flexibility index (Phi) is 5.41. The first-order chi connectivity index (χ1) is 8.97. The lowest BCUT2D eigenvalue weighted by Crippen LogP contribution is -2.35. The number of aromatic nitrogens is 1. The monoisotopic (exact) mass is 267 g/mol. The fourth-order valence-electron chi connectivity index (χ4n) is 1.92. The van der Waals surface area contributed by atoms with Crippen LogP contribution in [0.2, 0.25) is 0 Å². The molecule has 1 heterocycles. The van der Waals surface area contributed by atoms with Gasteiger partial charge in [0.1, 0.15) is 12.2 Å². The van der Waals surface area contributed by atoms with E-state index in [4.69, 9.17) is 5.73 Å². The summed E-state index contributed by atoms with van der Waals surface area (Å²) in [5.41, 5.74) is 6.34.